The maximum atomic E-state index is 6.34. The van der Waals surface area contributed by atoms with Crippen LogP contribution >= 0.6 is 11.6 Å². The third-order valence-corrected chi connectivity index (χ3v) is 8.09. The number of benzene rings is 6. The Morgan fingerprint density at radius 2 is 1.20 bits per heavy atom. The van der Waals surface area contributed by atoms with Crippen molar-refractivity contribution in [3.8, 4) is 27.9 Å². The van der Waals surface area contributed by atoms with Gasteiger partial charge in [-0.3, -0.25) is 0 Å². The van der Waals surface area contributed by atoms with Crippen molar-refractivity contribution in [3.63, 3.8) is 0 Å². The van der Waals surface area contributed by atoms with Crippen molar-refractivity contribution in [2.75, 3.05) is 0 Å². The molecule has 0 spiro atoms. The standard InChI is InChI=1S/C37H24ClNO/c1-23-17-27(19-28(38)18-23)26-12-15-32-33-20-24(13-16-36(33)40-37(32)22-26)25-11-14-31-30-9-5-6-10-34(30)39(35(31)21-25)29-7-3-2-4-8-29/h2-22H,1H3. The van der Waals surface area contributed by atoms with Gasteiger partial charge in [-0.1, -0.05) is 78.3 Å². The maximum Gasteiger partial charge on any atom is 0.136 e. The van der Waals surface area contributed by atoms with Crippen LogP contribution in [0.1, 0.15) is 5.56 Å². The first-order valence-electron chi connectivity index (χ1n) is 13.5. The van der Waals surface area contributed by atoms with E-state index in [1.807, 2.05) is 12.1 Å². The summed E-state index contributed by atoms with van der Waals surface area (Å²) >= 11 is 6.34. The number of rotatable bonds is 3. The number of para-hydroxylation sites is 2. The highest BCUT2D eigenvalue weighted by atomic mass is 35.5. The number of hydrogen-bond donors (Lipinski definition) is 0. The number of halogens is 1. The van der Waals surface area contributed by atoms with Crippen LogP contribution in [-0.2, 0) is 0 Å². The highest BCUT2D eigenvalue weighted by Crippen LogP contribution is 2.38. The van der Waals surface area contributed by atoms with Crippen molar-refractivity contribution < 1.29 is 4.42 Å². The summed E-state index contributed by atoms with van der Waals surface area (Å²) in [7, 11) is 0. The van der Waals surface area contributed by atoms with Gasteiger partial charge < -0.3 is 8.98 Å². The van der Waals surface area contributed by atoms with Gasteiger partial charge in [-0.05, 0) is 95.4 Å². The fourth-order valence-electron chi connectivity index (χ4n) is 6.04. The van der Waals surface area contributed by atoms with E-state index in [0.29, 0.717) is 0 Å². The molecule has 0 aliphatic heterocycles. The second-order valence-electron chi connectivity index (χ2n) is 10.5. The molecule has 2 aromatic heterocycles. The molecule has 0 saturated heterocycles. The number of hydrogen-bond acceptors (Lipinski definition) is 1. The van der Waals surface area contributed by atoms with Crippen LogP contribution in [0.15, 0.2) is 132 Å². The molecule has 8 aromatic rings. The van der Waals surface area contributed by atoms with Crippen molar-refractivity contribution in [3.05, 3.63) is 138 Å². The molecule has 2 nitrogen and oxygen atoms in total. The predicted octanol–water partition coefficient (Wildman–Crippen LogP) is 11.0. The molecule has 0 radical (unpaired) electrons. The highest BCUT2D eigenvalue weighted by molar-refractivity contribution is 6.31. The summed E-state index contributed by atoms with van der Waals surface area (Å²) in [6.07, 6.45) is 0. The lowest BCUT2D eigenvalue weighted by atomic mass is 9.99. The van der Waals surface area contributed by atoms with Gasteiger partial charge in [0.1, 0.15) is 11.2 Å². The average Bonchev–Trinajstić information content (AvgIpc) is 3.51. The topological polar surface area (TPSA) is 18.1 Å². The molecule has 190 valence electrons. The lowest BCUT2D eigenvalue weighted by Gasteiger charge is -2.09. The molecule has 0 fully saturated rings. The van der Waals surface area contributed by atoms with E-state index in [-0.39, 0.29) is 0 Å². The molecule has 0 aliphatic rings. The molecule has 2 heterocycles. The average molecular weight is 534 g/mol. The Morgan fingerprint density at radius 3 is 2.05 bits per heavy atom. The molecule has 0 atom stereocenters. The number of fused-ring (bicyclic) bond motifs is 6. The summed E-state index contributed by atoms with van der Waals surface area (Å²) in [5, 5.41) is 5.48. The number of furan rings is 1. The third-order valence-electron chi connectivity index (χ3n) is 7.87. The van der Waals surface area contributed by atoms with E-state index in [1.54, 1.807) is 0 Å². The number of nitrogens with zero attached hydrogens (tertiary/aromatic N) is 1. The zero-order valence-corrected chi connectivity index (χ0v) is 22.6. The van der Waals surface area contributed by atoms with Gasteiger partial charge in [-0.25, -0.2) is 0 Å². The van der Waals surface area contributed by atoms with Crippen molar-refractivity contribution in [1.82, 2.24) is 4.57 Å². The predicted molar refractivity (Wildman–Crippen MR) is 169 cm³/mol. The van der Waals surface area contributed by atoms with Crippen molar-refractivity contribution >= 4 is 55.3 Å². The second kappa shape index (κ2) is 8.87. The molecule has 0 N–H and O–H groups in total. The molecule has 0 amide bonds. The van der Waals surface area contributed by atoms with E-state index in [1.165, 1.54) is 27.4 Å². The molecule has 0 saturated carbocycles. The van der Waals surface area contributed by atoms with Crippen LogP contribution in [0.5, 0.6) is 0 Å². The van der Waals surface area contributed by atoms with E-state index in [0.717, 1.165) is 54.9 Å². The fraction of sp³-hybridized carbons (Fsp3) is 0.0270. The van der Waals surface area contributed by atoms with Crippen LogP contribution in [0.3, 0.4) is 0 Å². The first kappa shape index (κ1) is 23.1. The minimum atomic E-state index is 0.743. The largest absolute Gasteiger partial charge is 0.456 e. The fourth-order valence-corrected chi connectivity index (χ4v) is 6.33. The van der Waals surface area contributed by atoms with Crippen molar-refractivity contribution in [1.29, 1.82) is 0 Å². The van der Waals surface area contributed by atoms with Crippen LogP contribution in [0.4, 0.5) is 0 Å². The van der Waals surface area contributed by atoms with Crippen molar-refractivity contribution in [2.24, 2.45) is 0 Å². The first-order valence-corrected chi connectivity index (χ1v) is 13.8. The van der Waals surface area contributed by atoms with Crippen LogP contribution in [0, 0.1) is 6.92 Å². The zero-order chi connectivity index (χ0) is 26.8. The van der Waals surface area contributed by atoms with Crippen LogP contribution in [0.25, 0.3) is 71.7 Å². The van der Waals surface area contributed by atoms with E-state index >= 15 is 0 Å². The lowest BCUT2D eigenvalue weighted by Crippen LogP contribution is -1.93. The monoisotopic (exact) mass is 533 g/mol. The van der Waals surface area contributed by atoms with Gasteiger partial charge in [0.2, 0.25) is 0 Å². The highest BCUT2D eigenvalue weighted by Gasteiger charge is 2.15. The van der Waals surface area contributed by atoms with Crippen molar-refractivity contribution in [2.45, 2.75) is 6.92 Å². The Labute approximate surface area is 236 Å². The van der Waals surface area contributed by atoms with Gasteiger partial charge in [0, 0.05) is 32.3 Å². The summed E-state index contributed by atoms with van der Waals surface area (Å²) in [4.78, 5) is 0. The summed E-state index contributed by atoms with van der Waals surface area (Å²) in [6.45, 7) is 2.06. The van der Waals surface area contributed by atoms with Crippen LogP contribution < -0.4 is 0 Å². The summed E-state index contributed by atoms with van der Waals surface area (Å²) in [5.74, 6) is 0. The van der Waals surface area contributed by atoms with E-state index in [4.69, 9.17) is 16.0 Å². The Kier molecular flexibility index (Phi) is 5.13. The normalized spacial score (nSPS) is 11.8. The summed E-state index contributed by atoms with van der Waals surface area (Å²) in [6, 6.07) is 45.1. The van der Waals surface area contributed by atoms with Crippen LogP contribution in [-0.4, -0.2) is 4.57 Å². The van der Waals surface area contributed by atoms with Gasteiger partial charge >= 0.3 is 0 Å². The van der Waals surface area contributed by atoms with Crippen LogP contribution in [0.2, 0.25) is 5.02 Å². The Bertz CT molecular complexity index is 2220. The molecule has 0 bridgehead atoms. The van der Waals surface area contributed by atoms with Gasteiger partial charge in [0.15, 0.2) is 0 Å². The summed E-state index contributed by atoms with van der Waals surface area (Å²) < 4.78 is 8.68. The smallest absolute Gasteiger partial charge is 0.136 e. The minimum absolute atomic E-state index is 0.743. The minimum Gasteiger partial charge on any atom is -0.456 e. The third kappa shape index (κ3) is 3.65. The Balaban J connectivity index is 1.29. The first-order chi connectivity index (χ1) is 19.6. The van der Waals surface area contributed by atoms with E-state index in [9.17, 15) is 0 Å². The van der Waals surface area contributed by atoms with Gasteiger partial charge in [0.05, 0.1) is 11.0 Å². The van der Waals surface area contributed by atoms with E-state index in [2.05, 4.69) is 127 Å². The summed E-state index contributed by atoms with van der Waals surface area (Å²) in [5.41, 5.74) is 11.0. The lowest BCUT2D eigenvalue weighted by molar-refractivity contribution is 0.669. The molecule has 40 heavy (non-hydrogen) atoms. The van der Waals surface area contributed by atoms with Gasteiger partial charge in [-0.15, -0.1) is 0 Å². The van der Waals surface area contributed by atoms with Gasteiger partial charge in [0.25, 0.3) is 0 Å². The quantitative estimate of drug-likeness (QED) is 0.221. The molecule has 3 heteroatoms. The zero-order valence-electron chi connectivity index (χ0n) is 21.9. The number of aromatic nitrogens is 1. The second-order valence-corrected chi connectivity index (χ2v) is 10.9. The molecule has 8 rings (SSSR count). The molecule has 0 unspecified atom stereocenters. The molecular weight excluding hydrogens is 510 g/mol. The molecule has 6 aromatic carbocycles. The molecular formula is C37H24ClNO. The Hall–Kier alpha value is -4.79. The van der Waals surface area contributed by atoms with Gasteiger partial charge in [-0.2, -0.15) is 0 Å². The SMILES string of the molecule is Cc1cc(Cl)cc(-c2ccc3c(c2)oc2ccc(-c4ccc5c6ccccc6n(-c6ccccc6)c5c4)cc23)c1. The maximum absolute atomic E-state index is 6.34. The number of aryl methyl sites for hydroxylation is 1. The Morgan fingerprint density at radius 1 is 0.500 bits per heavy atom. The van der Waals surface area contributed by atoms with E-state index < -0.39 is 0 Å². The molecule has 0 aliphatic carbocycles.